The smallest absolute Gasteiger partial charge is 0.0500 e. The molecule has 3 nitrogen and oxygen atoms in total. The number of hydrogen-bond donors (Lipinski definition) is 1. The fourth-order valence-corrected chi connectivity index (χ4v) is 3.81. The van der Waals surface area contributed by atoms with Crippen molar-refractivity contribution in [1.82, 2.24) is 9.80 Å². The molecule has 17 heavy (non-hydrogen) atoms. The van der Waals surface area contributed by atoms with E-state index in [0.717, 1.165) is 6.54 Å². The Hall–Kier alpha value is -0.120. The van der Waals surface area contributed by atoms with Crippen molar-refractivity contribution in [1.29, 1.82) is 0 Å². The number of rotatable bonds is 4. The highest BCUT2D eigenvalue weighted by atomic mass is 15.3. The van der Waals surface area contributed by atoms with Crippen LogP contribution in [-0.2, 0) is 0 Å². The van der Waals surface area contributed by atoms with E-state index in [1.165, 1.54) is 38.8 Å². The molecule has 0 amide bonds. The molecule has 0 saturated carbocycles. The minimum absolute atomic E-state index is 0.218. The van der Waals surface area contributed by atoms with Crippen LogP contribution in [-0.4, -0.2) is 53.6 Å². The van der Waals surface area contributed by atoms with E-state index in [0.29, 0.717) is 6.04 Å². The SMILES string of the molecule is CCC(C)(C)N(C)C1(CN)CCN2CCCC21. The Labute approximate surface area is 106 Å². The van der Waals surface area contributed by atoms with Gasteiger partial charge in [-0.3, -0.25) is 9.80 Å². The van der Waals surface area contributed by atoms with E-state index in [1.54, 1.807) is 0 Å². The summed E-state index contributed by atoms with van der Waals surface area (Å²) in [4.78, 5) is 5.26. The highest BCUT2D eigenvalue weighted by Crippen LogP contribution is 2.42. The normalized spacial score (nSPS) is 34.6. The third-order valence-electron chi connectivity index (χ3n) is 5.61. The van der Waals surface area contributed by atoms with Crippen LogP contribution in [0.4, 0.5) is 0 Å². The molecule has 2 saturated heterocycles. The molecule has 0 aliphatic carbocycles. The van der Waals surface area contributed by atoms with Crippen LogP contribution in [0.1, 0.15) is 46.5 Å². The summed E-state index contributed by atoms with van der Waals surface area (Å²) in [6, 6.07) is 0.698. The first-order valence-electron chi connectivity index (χ1n) is 7.16. The quantitative estimate of drug-likeness (QED) is 0.810. The average molecular weight is 239 g/mol. The summed E-state index contributed by atoms with van der Waals surface area (Å²) < 4.78 is 0. The summed E-state index contributed by atoms with van der Waals surface area (Å²) in [5, 5.41) is 0. The average Bonchev–Trinajstić information content (AvgIpc) is 2.89. The van der Waals surface area contributed by atoms with Crippen LogP contribution >= 0.6 is 0 Å². The molecule has 100 valence electrons. The van der Waals surface area contributed by atoms with E-state index in [1.807, 2.05) is 0 Å². The molecule has 2 heterocycles. The van der Waals surface area contributed by atoms with Crippen LogP contribution in [0.5, 0.6) is 0 Å². The molecule has 0 aromatic carbocycles. The molecule has 0 bridgehead atoms. The maximum Gasteiger partial charge on any atom is 0.0500 e. The standard InChI is InChI=1S/C14H29N3/c1-5-13(2,3)16(4)14(11-15)8-10-17-9-6-7-12(14)17/h12H,5-11,15H2,1-4H3. The van der Waals surface area contributed by atoms with Crippen LogP contribution in [0, 0.1) is 0 Å². The molecule has 2 atom stereocenters. The number of fused-ring (bicyclic) bond motifs is 1. The first-order chi connectivity index (χ1) is 7.98. The maximum atomic E-state index is 6.21. The molecular formula is C14H29N3. The molecule has 3 heteroatoms. The highest BCUT2D eigenvalue weighted by molar-refractivity contribution is 5.11. The molecule has 2 rings (SSSR count). The van der Waals surface area contributed by atoms with Gasteiger partial charge in [-0.25, -0.2) is 0 Å². The van der Waals surface area contributed by atoms with Crippen molar-refractivity contribution in [3.63, 3.8) is 0 Å². The lowest BCUT2D eigenvalue weighted by Gasteiger charge is -2.50. The Morgan fingerprint density at radius 1 is 1.41 bits per heavy atom. The molecule has 2 aliphatic rings. The lowest BCUT2D eigenvalue weighted by molar-refractivity contribution is 0.00576. The number of hydrogen-bond acceptors (Lipinski definition) is 3. The molecule has 0 aromatic rings. The van der Waals surface area contributed by atoms with Gasteiger partial charge in [0.1, 0.15) is 0 Å². The van der Waals surface area contributed by atoms with Crippen LogP contribution in [0.25, 0.3) is 0 Å². The van der Waals surface area contributed by atoms with Gasteiger partial charge < -0.3 is 5.73 Å². The molecule has 2 aliphatic heterocycles. The van der Waals surface area contributed by atoms with Crippen molar-refractivity contribution in [2.24, 2.45) is 5.73 Å². The zero-order valence-electron chi connectivity index (χ0n) is 12.0. The van der Waals surface area contributed by atoms with Crippen LogP contribution in [0.3, 0.4) is 0 Å². The van der Waals surface area contributed by atoms with Crippen molar-refractivity contribution in [3.8, 4) is 0 Å². The lowest BCUT2D eigenvalue weighted by atomic mass is 9.82. The second-order valence-corrected chi connectivity index (χ2v) is 6.48. The fourth-order valence-electron chi connectivity index (χ4n) is 3.81. The number of nitrogens with two attached hydrogens (primary N) is 1. The zero-order valence-corrected chi connectivity index (χ0v) is 12.0. The molecule has 0 spiro atoms. The Balaban J connectivity index is 2.25. The first-order valence-corrected chi connectivity index (χ1v) is 7.16. The van der Waals surface area contributed by atoms with Gasteiger partial charge in [0.25, 0.3) is 0 Å². The summed E-state index contributed by atoms with van der Waals surface area (Å²) in [5.41, 5.74) is 6.67. The summed E-state index contributed by atoms with van der Waals surface area (Å²) in [6.45, 7) is 10.3. The Morgan fingerprint density at radius 2 is 2.12 bits per heavy atom. The van der Waals surface area contributed by atoms with Crippen LogP contribution < -0.4 is 5.73 Å². The minimum Gasteiger partial charge on any atom is -0.329 e. The van der Waals surface area contributed by atoms with Gasteiger partial charge >= 0.3 is 0 Å². The van der Waals surface area contributed by atoms with E-state index < -0.39 is 0 Å². The second-order valence-electron chi connectivity index (χ2n) is 6.48. The van der Waals surface area contributed by atoms with Gasteiger partial charge in [0, 0.05) is 24.7 Å². The highest BCUT2D eigenvalue weighted by Gasteiger charge is 2.53. The second kappa shape index (κ2) is 4.52. The van der Waals surface area contributed by atoms with Crippen LogP contribution in [0.2, 0.25) is 0 Å². The van der Waals surface area contributed by atoms with Gasteiger partial charge in [0.15, 0.2) is 0 Å². The molecular weight excluding hydrogens is 210 g/mol. The summed E-state index contributed by atoms with van der Waals surface area (Å²) in [7, 11) is 2.29. The Morgan fingerprint density at radius 3 is 2.71 bits per heavy atom. The van der Waals surface area contributed by atoms with Gasteiger partial charge in [0.2, 0.25) is 0 Å². The van der Waals surface area contributed by atoms with Crippen molar-refractivity contribution < 1.29 is 0 Å². The monoisotopic (exact) mass is 239 g/mol. The van der Waals surface area contributed by atoms with Gasteiger partial charge in [0.05, 0.1) is 5.54 Å². The number of likely N-dealkylation sites (N-methyl/N-ethyl adjacent to an activating group) is 1. The third kappa shape index (κ3) is 1.92. The molecule has 0 aromatic heterocycles. The van der Waals surface area contributed by atoms with E-state index in [4.69, 9.17) is 5.73 Å². The van der Waals surface area contributed by atoms with Gasteiger partial charge in [-0.1, -0.05) is 6.92 Å². The predicted molar refractivity (Wildman–Crippen MR) is 73.1 cm³/mol. The van der Waals surface area contributed by atoms with Crippen molar-refractivity contribution in [3.05, 3.63) is 0 Å². The molecule has 2 fully saturated rings. The first kappa shape index (κ1) is 13.3. The summed E-state index contributed by atoms with van der Waals surface area (Å²) >= 11 is 0. The van der Waals surface area contributed by atoms with E-state index in [-0.39, 0.29) is 11.1 Å². The van der Waals surface area contributed by atoms with Crippen LogP contribution in [0.15, 0.2) is 0 Å². The lowest BCUT2D eigenvalue weighted by Crippen LogP contribution is -2.64. The Bertz CT molecular complexity index is 277. The van der Waals surface area contributed by atoms with E-state index >= 15 is 0 Å². The van der Waals surface area contributed by atoms with E-state index in [2.05, 4.69) is 37.6 Å². The van der Waals surface area contributed by atoms with Gasteiger partial charge in [-0.15, -0.1) is 0 Å². The van der Waals surface area contributed by atoms with E-state index in [9.17, 15) is 0 Å². The van der Waals surface area contributed by atoms with Crippen molar-refractivity contribution in [2.75, 3.05) is 26.7 Å². The largest absolute Gasteiger partial charge is 0.329 e. The van der Waals surface area contributed by atoms with Gasteiger partial charge in [-0.2, -0.15) is 0 Å². The summed E-state index contributed by atoms with van der Waals surface area (Å²) in [6.07, 6.45) is 5.11. The summed E-state index contributed by atoms with van der Waals surface area (Å²) in [5.74, 6) is 0. The topological polar surface area (TPSA) is 32.5 Å². The predicted octanol–water partition coefficient (Wildman–Crippen LogP) is 1.67. The molecule has 2 unspecified atom stereocenters. The van der Waals surface area contributed by atoms with Crippen molar-refractivity contribution in [2.45, 2.75) is 63.6 Å². The minimum atomic E-state index is 0.218. The van der Waals surface area contributed by atoms with Crippen molar-refractivity contribution >= 4 is 0 Å². The van der Waals surface area contributed by atoms with Gasteiger partial charge in [-0.05, 0) is 53.1 Å². The molecule has 0 radical (unpaired) electrons. The third-order valence-corrected chi connectivity index (χ3v) is 5.61. The fraction of sp³-hybridized carbons (Fsp3) is 1.00. The number of nitrogens with zero attached hydrogens (tertiary/aromatic N) is 2. The zero-order chi connectivity index (χ0) is 12.7. The molecule has 2 N–H and O–H groups in total. The Kier molecular flexibility index (Phi) is 3.54. The maximum absolute atomic E-state index is 6.21.